The second-order valence-electron chi connectivity index (χ2n) is 4.78. The van der Waals surface area contributed by atoms with Gasteiger partial charge >= 0.3 is 24.2 Å². The molecule has 26 heavy (non-hydrogen) atoms. The summed E-state index contributed by atoms with van der Waals surface area (Å²) in [5, 5.41) is 3.61. The van der Waals surface area contributed by atoms with Gasteiger partial charge in [-0.25, -0.2) is 9.97 Å². The molecule has 0 spiro atoms. The topological polar surface area (TPSA) is 84.0 Å². The smallest absolute Gasteiger partial charge is 0.318 e. The van der Waals surface area contributed by atoms with Crippen LogP contribution in [0.5, 0.6) is 0 Å². The molecule has 2 N–H and O–H groups in total. The Bertz CT molecular complexity index is 788. The molecule has 0 unspecified atom stereocenters. The van der Waals surface area contributed by atoms with Crippen molar-refractivity contribution in [1.82, 2.24) is 9.97 Å². The number of carbonyl (C=O) groups excluding carboxylic acids is 2. The number of carbonyl (C=O) groups is 2. The van der Waals surface area contributed by atoms with Crippen molar-refractivity contribution in [2.75, 3.05) is 10.6 Å². The Kier molecular flexibility index (Phi) is 5.14. The van der Waals surface area contributed by atoms with E-state index < -0.39 is 41.0 Å². The van der Waals surface area contributed by atoms with Gasteiger partial charge in [-0.05, 0) is 24.3 Å². The first-order chi connectivity index (χ1) is 12.0. The zero-order valence-electron chi connectivity index (χ0n) is 12.4. The molecule has 2 aromatic rings. The van der Waals surface area contributed by atoms with Gasteiger partial charge in [0.1, 0.15) is 0 Å². The Morgan fingerprint density at radius 1 is 0.769 bits per heavy atom. The number of nitrogens with zero attached hydrogens (tertiary/aromatic N) is 2. The third kappa shape index (κ3) is 4.91. The van der Waals surface area contributed by atoms with E-state index in [4.69, 9.17) is 0 Å². The summed E-state index contributed by atoms with van der Waals surface area (Å²) in [7, 11) is 0. The van der Waals surface area contributed by atoms with E-state index in [0.29, 0.717) is 0 Å². The van der Waals surface area contributed by atoms with E-state index >= 15 is 0 Å². The molecule has 0 radical (unpaired) electrons. The summed E-state index contributed by atoms with van der Waals surface area (Å²) in [5.41, 5.74) is -4.11. The summed E-state index contributed by atoms with van der Waals surface area (Å²) >= 11 is 0. The molecule has 0 aliphatic carbocycles. The normalized spacial score (nSPS) is 11.8. The minimum atomic E-state index is -5.08. The molecule has 0 saturated heterocycles. The number of amides is 2. The van der Waals surface area contributed by atoms with Crippen molar-refractivity contribution in [1.29, 1.82) is 0 Å². The fraction of sp³-hybridized carbons (Fsp3) is 0.143. The second kappa shape index (κ2) is 6.98. The lowest BCUT2D eigenvalue weighted by molar-refractivity contribution is -0.143. The number of rotatable bonds is 2. The Morgan fingerprint density at radius 2 is 1.23 bits per heavy atom. The van der Waals surface area contributed by atoms with E-state index in [0.717, 1.165) is 0 Å². The fourth-order valence-corrected chi connectivity index (χ4v) is 1.74. The van der Waals surface area contributed by atoms with E-state index in [1.54, 1.807) is 5.32 Å². The molecular formula is C14H8F6N4O2. The summed E-state index contributed by atoms with van der Waals surface area (Å²) in [6.07, 6.45) is -7.69. The first-order valence-electron chi connectivity index (χ1n) is 6.65. The van der Waals surface area contributed by atoms with Crippen molar-refractivity contribution >= 4 is 23.5 Å². The van der Waals surface area contributed by atoms with Gasteiger partial charge in [0, 0.05) is 18.1 Å². The maximum atomic E-state index is 12.7. The van der Waals surface area contributed by atoms with Crippen LogP contribution < -0.4 is 10.6 Å². The summed E-state index contributed by atoms with van der Waals surface area (Å²) < 4.78 is 76.5. The lowest BCUT2D eigenvalue weighted by atomic mass is 10.1. The van der Waals surface area contributed by atoms with Crippen LogP contribution in [0.25, 0.3) is 0 Å². The van der Waals surface area contributed by atoms with Gasteiger partial charge in [0.25, 0.3) is 0 Å². The van der Waals surface area contributed by atoms with Crippen LogP contribution in [0, 0.1) is 0 Å². The number of benzene rings is 1. The van der Waals surface area contributed by atoms with Crippen LogP contribution in [0.2, 0.25) is 0 Å². The largest absolute Gasteiger partial charge is 0.416 e. The van der Waals surface area contributed by atoms with Crippen LogP contribution in [0.1, 0.15) is 11.1 Å². The first-order valence-corrected chi connectivity index (χ1v) is 6.65. The zero-order chi connectivity index (χ0) is 19.5. The zero-order valence-corrected chi connectivity index (χ0v) is 12.4. The molecule has 0 bridgehead atoms. The average molecular weight is 378 g/mol. The third-order valence-corrected chi connectivity index (χ3v) is 2.84. The highest BCUT2D eigenvalue weighted by atomic mass is 19.4. The van der Waals surface area contributed by atoms with Gasteiger partial charge in [-0.2, -0.15) is 26.3 Å². The van der Waals surface area contributed by atoms with Gasteiger partial charge in [0.2, 0.25) is 5.95 Å². The average Bonchev–Trinajstić information content (AvgIpc) is 2.53. The highest BCUT2D eigenvalue weighted by Gasteiger charge is 2.37. The SMILES string of the molecule is O=C(Nc1cc(C(F)(F)F)cc(C(F)(F)F)c1)C(=O)Nc1ncccn1. The van der Waals surface area contributed by atoms with Crippen molar-refractivity contribution < 1.29 is 35.9 Å². The standard InChI is InChI=1S/C14H8F6N4O2/c15-13(16,17)7-4-8(14(18,19)20)6-9(5-7)23-10(25)11(26)24-12-21-2-1-3-22-12/h1-6H,(H,23,25)(H,21,22,24,26). The van der Waals surface area contributed by atoms with E-state index in [1.807, 2.05) is 5.32 Å². The minimum absolute atomic E-state index is 0.104. The maximum absolute atomic E-state index is 12.7. The number of anilines is 2. The van der Waals surface area contributed by atoms with Gasteiger partial charge in [-0.1, -0.05) is 0 Å². The lowest BCUT2D eigenvalue weighted by Gasteiger charge is -2.14. The van der Waals surface area contributed by atoms with E-state index in [9.17, 15) is 35.9 Å². The molecule has 6 nitrogen and oxygen atoms in total. The molecule has 1 aromatic carbocycles. The van der Waals surface area contributed by atoms with Gasteiger partial charge in [-0.15, -0.1) is 0 Å². The molecule has 0 aliphatic rings. The molecule has 12 heteroatoms. The third-order valence-electron chi connectivity index (χ3n) is 2.84. The molecule has 2 amide bonds. The Hall–Kier alpha value is -3.18. The first kappa shape index (κ1) is 19.1. The number of alkyl halides is 6. The highest BCUT2D eigenvalue weighted by molar-refractivity contribution is 6.43. The highest BCUT2D eigenvalue weighted by Crippen LogP contribution is 2.37. The van der Waals surface area contributed by atoms with Crippen LogP contribution in [-0.2, 0) is 21.9 Å². The summed E-state index contributed by atoms with van der Waals surface area (Å²) in [4.78, 5) is 30.5. The molecule has 0 atom stereocenters. The Morgan fingerprint density at radius 3 is 1.69 bits per heavy atom. The molecule has 0 aliphatic heterocycles. The Labute approximate surface area is 141 Å². The van der Waals surface area contributed by atoms with Crippen molar-refractivity contribution in [3.05, 3.63) is 47.8 Å². The van der Waals surface area contributed by atoms with Crippen molar-refractivity contribution in [2.24, 2.45) is 0 Å². The molecular weight excluding hydrogens is 370 g/mol. The number of aromatic nitrogens is 2. The van der Waals surface area contributed by atoms with Crippen LogP contribution in [-0.4, -0.2) is 21.8 Å². The predicted molar refractivity (Wildman–Crippen MR) is 75.7 cm³/mol. The second-order valence-corrected chi connectivity index (χ2v) is 4.78. The molecule has 1 aromatic heterocycles. The predicted octanol–water partition coefficient (Wildman–Crippen LogP) is 3.09. The summed E-state index contributed by atoms with van der Waals surface area (Å²) in [6, 6.07) is 1.86. The van der Waals surface area contributed by atoms with Crippen LogP contribution in [0.3, 0.4) is 0 Å². The van der Waals surface area contributed by atoms with Gasteiger partial charge in [-0.3, -0.25) is 14.9 Å². The molecule has 1 heterocycles. The van der Waals surface area contributed by atoms with Crippen molar-refractivity contribution in [2.45, 2.75) is 12.4 Å². The Balaban J connectivity index is 2.24. The molecule has 0 saturated carbocycles. The summed E-state index contributed by atoms with van der Waals surface area (Å²) in [5.74, 6) is -3.14. The monoisotopic (exact) mass is 378 g/mol. The van der Waals surface area contributed by atoms with Crippen LogP contribution in [0.4, 0.5) is 38.0 Å². The number of nitrogens with one attached hydrogen (secondary N) is 2. The molecule has 2 rings (SSSR count). The number of hydrogen-bond acceptors (Lipinski definition) is 4. The van der Waals surface area contributed by atoms with E-state index in [-0.39, 0.29) is 24.1 Å². The van der Waals surface area contributed by atoms with Gasteiger partial charge in [0.05, 0.1) is 11.1 Å². The quantitative estimate of drug-likeness (QED) is 0.621. The lowest BCUT2D eigenvalue weighted by Crippen LogP contribution is -2.30. The van der Waals surface area contributed by atoms with Crippen molar-refractivity contribution in [3.63, 3.8) is 0 Å². The van der Waals surface area contributed by atoms with Crippen LogP contribution >= 0.6 is 0 Å². The molecule has 0 fully saturated rings. The fourth-order valence-electron chi connectivity index (χ4n) is 1.74. The number of hydrogen-bond donors (Lipinski definition) is 2. The van der Waals surface area contributed by atoms with Gasteiger partial charge in [0.15, 0.2) is 0 Å². The van der Waals surface area contributed by atoms with Crippen LogP contribution in [0.15, 0.2) is 36.7 Å². The van der Waals surface area contributed by atoms with Crippen molar-refractivity contribution in [3.8, 4) is 0 Å². The van der Waals surface area contributed by atoms with Gasteiger partial charge < -0.3 is 5.32 Å². The van der Waals surface area contributed by atoms with E-state index in [2.05, 4.69) is 9.97 Å². The summed E-state index contributed by atoms with van der Waals surface area (Å²) in [6.45, 7) is 0. The molecule has 138 valence electrons. The maximum Gasteiger partial charge on any atom is 0.416 e. The number of halogens is 6. The minimum Gasteiger partial charge on any atom is -0.318 e. The van der Waals surface area contributed by atoms with E-state index in [1.165, 1.54) is 18.5 Å².